The van der Waals surface area contributed by atoms with Gasteiger partial charge in [-0.1, -0.05) is 38.8 Å². The smallest absolute Gasteiger partial charge is 0.341 e. The lowest BCUT2D eigenvalue weighted by Gasteiger charge is -2.28. The van der Waals surface area contributed by atoms with E-state index in [0.717, 1.165) is 37.0 Å². The van der Waals surface area contributed by atoms with Crippen LogP contribution in [-0.4, -0.2) is 32.2 Å². The third-order valence-electron chi connectivity index (χ3n) is 5.84. The summed E-state index contributed by atoms with van der Waals surface area (Å²) in [4.78, 5) is 26.0. The molecule has 32 heavy (non-hydrogen) atoms. The van der Waals surface area contributed by atoms with E-state index in [1.54, 1.807) is 32.2 Å². The molecule has 0 unspecified atom stereocenters. The lowest BCUT2D eigenvalue weighted by Crippen LogP contribution is -2.38. The Morgan fingerprint density at radius 1 is 1.06 bits per heavy atom. The summed E-state index contributed by atoms with van der Waals surface area (Å²) in [5, 5.41) is 3.05. The molecule has 1 aliphatic carbocycles. The molecule has 2 aromatic carbocycles. The van der Waals surface area contributed by atoms with Crippen molar-refractivity contribution in [3.8, 4) is 11.5 Å². The number of nitrogens with one attached hydrogen (secondary N) is 1. The van der Waals surface area contributed by atoms with E-state index < -0.39 is 11.4 Å². The van der Waals surface area contributed by atoms with Gasteiger partial charge >= 0.3 is 5.97 Å². The average molecular weight is 440 g/mol. The predicted octanol–water partition coefficient (Wildman–Crippen LogP) is 5.36. The van der Waals surface area contributed by atoms with Gasteiger partial charge in [-0.2, -0.15) is 0 Å². The van der Waals surface area contributed by atoms with Crippen LogP contribution in [0.25, 0.3) is 0 Å². The zero-order valence-electron chi connectivity index (χ0n) is 19.4. The van der Waals surface area contributed by atoms with Crippen molar-refractivity contribution in [1.29, 1.82) is 0 Å². The Morgan fingerprint density at radius 2 is 1.75 bits per heavy atom. The molecule has 0 aliphatic heterocycles. The molecule has 0 bridgehead atoms. The predicted molar refractivity (Wildman–Crippen MR) is 125 cm³/mol. The van der Waals surface area contributed by atoms with Crippen molar-refractivity contribution in [2.24, 2.45) is 5.92 Å². The van der Waals surface area contributed by atoms with Crippen molar-refractivity contribution in [3.63, 3.8) is 0 Å². The van der Waals surface area contributed by atoms with E-state index in [2.05, 4.69) is 5.32 Å². The Bertz CT molecular complexity index is 930. The van der Waals surface area contributed by atoms with Gasteiger partial charge in [0.2, 0.25) is 5.91 Å². The van der Waals surface area contributed by atoms with Crippen LogP contribution in [0.1, 0.15) is 62.4 Å². The minimum Gasteiger partial charge on any atom is -0.497 e. The molecule has 1 saturated carbocycles. The van der Waals surface area contributed by atoms with Crippen LogP contribution in [0.2, 0.25) is 0 Å². The number of anilines is 1. The molecule has 1 N–H and O–H groups in total. The summed E-state index contributed by atoms with van der Waals surface area (Å²) in [7, 11) is 1.63. The third kappa shape index (κ3) is 5.23. The number of amides is 1. The maximum absolute atomic E-state index is 13.5. The van der Waals surface area contributed by atoms with Crippen LogP contribution in [0.4, 0.5) is 5.69 Å². The van der Waals surface area contributed by atoms with Gasteiger partial charge in [0.1, 0.15) is 17.1 Å². The molecule has 0 heterocycles. The number of methoxy groups -OCH3 is 1. The zero-order valence-corrected chi connectivity index (χ0v) is 19.4. The minimum absolute atomic E-state index is 0.0641. The maximum atomic E-state index is 13.5. The zero-order chi connectivity index (χ0) is 23.1. The Kier molecular flexibility index (Phi) is 7.78. The van der Waals surface area contributed by atoms with Crippen molar-refractivity contribution in [1.82, 2.24) is 0 Å². The molecule has 1 aliphatic rings. The molecule has 3 rings (SSSR count). The van der Waals surface area contributed by atoms with Gasteiger partial charge in [-0.3, -0.25) is 4.79 Å². The molecule has 0 atom stereocenters. The second kappa shape index (κ2) is 10.5. The fourth-order valence-corrected chi connectivity index (χ4v) is 4.14. The van der Waals surface area contributed by atoms with E-state index in [9.17, 15) is 9.59 Å². The standard InChI is InChI=1S/C26H33NO5/c1-5-31-24(28)22-16-20(10-13-23(22)32-17-18(2)3)27-25(29)26(14-6-7-15-26)19-8-11-21(30-4)12-9-19/h8-13,16,18H,5-7,14-15,17H2,1-4H3,(H,27,29). The van der Waals surface area contributed by atoms with Gasteiger partial charge in [-0.15, -0.1) is 0 Å². The first-order valence-corrected chi connectivity index (χ1v) is 11.3. The van der Waals surface area contributed by atoms with E-state index >= 15 is 0 Å². The van der Waals surface area contributed by atoms with Gasteiger partial charge in [0, 0.05) is 5.69 Å². The number of hydrogen-bond donors (Lipinski definition) is 1. The molecule has 6 heteroatoms. The van der Waals surface area contributed by atoms with Gasteiger partial charge < -0.3 is 19.5 Å². The number of esters is 1. The topological polar surface area (TPSA) is 73.9 Å². The molecule has 0 saturated heterocycles. The Balaban J connectivity index is 1.87. The second-order valence-corrected chi connectivity index (χ2v) is 8.61. The summed E-state index contributed by atoms with van der Waals surface area (Å²) in [6, 6.07) is 12.9. The van der Waals surface area contributed by atoms with E-state index in [4.69, 9.17) is 14.2 Å². The van der Waals surface area contributed by atoms with Crippen molar-refractivity contribution in [3.05, 3.63) is 53.6 Å². The quantitative estimate of drug-likeness (QED) is 0.533. The molecule has 0 spiro atoms. The van der Waals surface area contributed by atoms with E-state index in [1.807, 2.05) is 38.1 Å². The maximum Gasteiger partial charge on any atom is 0.341 e. The normalized spacial score (nSPS) is 14.8. The summed E-state index contributed by atoms with van der Waals surface area (Å²) in [6.45, 7) is 6.59. The first-order valence-electron chi connectivity index (χ1n) is 11.3. The SMILES string of the molecule is CCOC(=O)c1cc(NC(=O)C2(c3ccc(OC)cc3)CCCC2)ccc1OCC(C)C. The van der Waals surface area contributed by atoms with Crippen molar-refractivity contribution >= 4 is 17.6 Å². The summed E-state index contributed by atoms with van der Waals surface area (Å²) < 4.78 is 16.3. The van der Waals surface area contributed by atoms with Crippen LogP contribution >= 0.6 is 0 Å². The van der Waals surface area contributed by atoms with Crippen LogP contribution in [0, 0.1) is 5.92 Å². The Morgan fingerprint density at radius 3 is 2.34 bits per heavy atom. The molecular weight excluding hydrogens is 406 g/mol. The number of ether oxygens (including phenoxy) is 3. The second-order valence-electron chi connectivity index (χ2n) is 8.61. The molecule has 1 fully saturated rings. The van der Waals surface area contributed by atoms with E-state index in [1.165, 1.54) is 0 Å². The van der Waals surface area contributed by atoms with E-state index in [0.29, 0.717) is 29.5 Å². The Labute approximate surface area is 190 Å². The van der Waals surface area contributed by atoms with Crippen LogP contribution in [-0.2, 0) is 14.9 Å². The number of carbonyl (C=O) groups excluding carboxylic acids is 2. The van der Waals surface area contributed by atoms with Crippen LogP contribution in [0.15, 0.2) is 42.5 Å². The van der Waals surface area contributed by atoms with Gasteiger partial charge in [0.25, 0.3) is 0 Å². The van der Waals surface area contributed by atoms with Crippen LogP contribution in [0.5, 0.6) is 11.5 Å². The van der Waals surface area contributed by atoms with Crippen molar-refractivity contribution in [2.75, 3.05) is 25.6 Å². The van der Waals surface area contributed by atoms with E-state index in [-0.39, 0.29) is 12.5 Å². The molecule has 1 amide bonds. The fraction of sp³-hybridized carbons (Fsp3) is 0.462. The Hall–Kier alpha value is -3.02. The van der Waals surface area contributed by atoms with Crippen molar-refractivity contribution in [2.45, 2.75) is 51.9 Å². The lowest BCUT2D eigenvalue weighted by molar-refractivity contribution is -0.121. The number of carbonyl (C=O) groups is 2. The van der Waals surface area contributed by atoms with Gasteiger partial charge in [-0.25, -0.2) is 4.79 Å². The molecular formula is C26H33NO5. The highest BCUT2D eigenvalue weighted by molar-refractivity contribution is 6.01. The number of rotatable bonds is 9. The van der Waals surface area contributed by atoms with Gasteiger partial charge in [0.05, 0.1) is 25.7 Å². The summed E-state index contributed by atoms with van der Waals surface area (Å²) in [5.41, 5.74) is 1.25. The van der Waals surface area contributed by atoms with Crippen LogP contribution < -0.4 is 14.8 Å². The fourth-order valence-electron chi connectivity index (χ4n) is 4.14. The van der Waals surface area contributed by atoms with Crippen LogP contribution in [0.3, 0.4) is 0 Å². The molecule has 0 radical (unpaired) electrons. The molecule has 172 valence electrons. The first kappa shape index (κ1) is 23.6. The average Bonchev–Trinajstić information content (AvgIpc) is 3.29. The summed E-state index contributed by atoms with van der Waals surface area (Å²) in [6.07, 6.45) is 3.56. The summed E-state index contributed by atoms with van der Waals surface area (Å²) in [5.74, 6) is 1.01. The largest absolute Gasteiger partial charge is 0.497 e. The highest BCUT2D eigenvalue weighted by Crippen LogP contribution is 2.42. The lowest BCUT2D eigenvalue weighted by atomic mass is 9.78. The third-order valence-corrected chi connectivity index (χ3v) is 5.84. The van der Waals surface area contributed by atoms with Crippen molar-refractivity contribution < 1.29 is 23.8 Å². The minimum atomic E-state index is -0.594. The highest BCUT2D eigenvalue weighted by atomic mass is 16.5. The molecule has 0 aromatic heterocycles. The highest BCUT2D eigenvalue weighted by Gasteiger charge is 2.42. The summed E-state index contributed by atoms with van der Waals surface area (Å²) >= 11 is 0. The van der Waals surface area contributed by atoms with Gasteiger partial charge in [-0.05, 0) is 61.6 Å². The monoisotopic (exact) mass is 439 g/mol. The first-order chi connectivity index (χ1) is 15.4. The number of hydrogen-bond acceptors (Lipinski definition) is 5. The molecule has 2 aromatic rings. The number of benzene rings is 2. The van der Waals surface area contributed by atoms with Gasteiger partial charge in [0.15, 0.2) is 0 Å². The molecule has 6 nitrogen and oxygen atoms in total.